The summed E-state index contributed by atoms with van der Waals surface area (Å²) in [4.78, 5) is 0. The molecular weight excluding hydrogens is 522 g/mol. The van der Waals surface area contributed by atoms with Crippen LogP contribution in [0.15, 0.2) is 24.3 Å². The van der Waals surface area contributed by atoms with Gasteiger partial charge in [0.15, 0.2) is 18.2 Å². The summed E-state index contributed by atoms with van der Waals surface area (Å²) in [6.07, 6.45) is 8.27. The first-order valence-corrected chi connectivity index (χ1v) is 14.4. The summed E-state index contributed by atoms with van der Waals surface area (Å²) in [5.74, 6) is -2.04. The SMILES string of the molecule is CCCCCC1CCC(/C=C/C2CCC(OCC(F)(F)Oc3ccc(OCC)c(C(F)(F)F)c3F)CC2)CC1. The highest BCUT2D eigenvalue weighted by atomic mass is 19.4. The minimum Gasteiger partial charge on any atom is -0.493 e. The fourth-order valence-corrected chi connectivity index (χ4v) is 5.68. The van der Waals surface area contributed by atoms with E-state index in [-0.39, 0.29) is 6.61 Å². The second-order valence-corrected chi connectivity index (χ2v) is 10.9. The summed E-state index contributed by atoms with van der Waals surface area (Å²) < 4.78 is 97.7. The van der Waals surface area contributed by atoms with Gasteiger partial charge in [-0.15, -0.1) is 0 Å². The first kappa shape index (κ1) is 31.6. The maximum atomic E-state index is 14.5. The molecule has 2 saturated carbocycles. The normalized spacial score (nSPS) is 24.7. The van der Waals surface area contributed by atoms with Crippen molar-refractivity contribution in [2.75, 3.05) is 13.2 Å². The first-order valence-electron chi connectivity index (χ1n) is 14.4. The Morgan fingerprint density at radius 3 is 1.97 bits per heavy atom. The lowest BCUT2D eigenvalue weighted by molar-refractivity contribution is -0.223. The molecule has 2 fully saturated rings. The Morgan fingerprint density at radius 2 is 1.41 bits per heavy atom. The van der Waals surface area contributed by atoms with Crippen LogP contribution in [-0.2, 0) is 10.9 Å². The summed E-state index contributed by atoms with van der Waals surface area (Å²) >= 11 is 0. The van der Waals surface area contributed by atoms with Crippen molar-refractivity contribution in [2.24, 2.45) is 17.8 Å². The van der Waals surface area contributed by atoms with E-state index in [1.54, 1.807) is 0 Å². The molecule has 2 aliphatic rings. The molecule has 2 aliphatic carbocycles. The smallest absolute Gasteiger partial charge is 0.422 e. The fraction of sp³-hybridized carbons (Fsp3) is 0.733. The van der Waals surface area contributed by atoms with Gasteiger partial charge in [-0.3, -0.25) is 0 Å². The van der Waals surface area contributed by atoms with Crippen molar-refractivity contribution in [3.8, 4) is 11.5 Å². The molecule has 0 unspecified atom stereocenters. The third kappa shape index (κ3) is 9.90. The van der Waals surface area contributed by atoms with Crippen LogP contribution in [0.5, 0.6) is 11.5 Å². The van der Waals surface area contributed by atoms with Crippen molar-refractivity contribution in [1.29, 1.82) is 0 Å². The first-order chi connectivity index (χ1) is 18.5. The minimum absolute atomic E-state index is 0.148. The molecule has 3 nitrogen and oxygen atoms in total. The average Bonchev–Trinajstić information content (AvgIpc) is 2.89. The molecule has 1 aromatic rings. The van der Waals surface area contributed by atoms with Gasteiger partial charge < -0.3 is 14.2 Å². The molecular formula is C30H42F6O3. The molecule has 0 amide bonds. The monoisotopic (exact) mass is 564 g/mol. The minimum atomic E-state index is -5.14. The van der Waals surface area contributed by atoms with Gasteiger partial charge in [0.25, 0.3) is 0 Å². The average molecular weight is 565 g/mol. The maximum Gasteiger partial charge on any atom is 0.422 e. The van der Waals surface area contributed by atoms with Crippen molar-refractivity contribution in [1.82, 2.24) is 0 Å². The zero-order valence-electron chi connectivity index (χ0n) is 23.0. The fourth-order valence-electron chi connectivity index (χ4n) is 5.68. The zero-order valence-corrected chi connectivity index (χ0v) is 23.0. The number of hydrogen-bond acceptors (Lipinski definition) is 3. The van der Waals surface area contributed by atoms with Crippen LogP contribution < -0.4 is 9.47 Å². The number of halogens is 6. The standard InChI is InChI=1S/C30H42F6O3/c1-3-5-6-7-21-8-10-22(11-9-21)12-13-23-14-16-24(17-15-23)38-20-29(32,33)39-26-19-18-25(37-4-2)27(28(26)31)30(34,35)36/h12-13,18-19,21-24H,3-11,14-17,20H2,1-2H3/b13-12+. The lowest BCUT2D eigenvalue weighted by Crippen LogP contribution is -2.34. The van der Waals surface area contributed by atoms with Gasteiger partial charge in [-0.25, -0.2) is 4.39 Å². The van der Waals surface area contributed by atoms with Crippen LogP contribution in [0.3, 0.4) is 0 Å². The Balaban J connectivity index is 1.43. The van der Waals surface area contributed by atoms with Crippen molar-refractivity contribution in [3.05, 3.63) is 35.7 Å². The number of ether oxygens (including phenoxy) is 3. The Kier molecular flexibility index (Phi) is 11.9. The lowest BCUT2D eigenvalue weighted by Gasteiger charge is -2.29. The molecule has 0 heterocycles. The molecule has 222 valence electrons. The van der Waals surface area contributed by atoms with Gasteiger partial charge in [0, 0.05) is 0 Å². The number of allylic oxidation sites excluding steroid dienone is 2. The van der Waals surface area contributed by atoms with Crippen LogP contribution in [0.4, 0.5) is 26.3 Å². The highest BCUT2D eigenvalue weighted by molar-refractivity contribution is 5.44. The van der Waals surface area contributed by atoms with E-state index >= 15 is 0 Å². The van der Waals surface area contributed by atoms with E-state index in [2.05, 4.69) is 23.8 Å². The van der Waals surface area contributed by atoms with Crippen LogP contribution in [0.2, 0.25) is 0 Å². The topological polar surface area (TPSA) is 27.7 Å². The van der Waals surface area contributed by atoms with Gasteiger partial charge in [0.1, 0.15) is 11.3 Å². The van der Waals surface area contributed by atoms with E-state index < -0.39 is 47.9 Å². The van der Waals surface area contributed by atoms with E-state index in [0.29, 0.717) is 30.7 Å². The van der Waals surface area contributed by atoms with Gasteiger partial charge in [0.05, 0.1) is 12.7 Å². The third-order valence-electron chi connectivity index (χ3n) is 7.88. The number of rotatable bonds is 13. The molecule has 0 spiro atoms. The maximum absolute atomic E-state index is 14.5. The second-order valence-electron chi connectivity index (χ2n) is 10.9. The second kappa shape index (κ2) is 14.6. The quantitative estimate of drug-likeness (QED) is 0.136. The number of unbranched alkanes of at least 4 members (excludes halogenated alkanes) is 2. The van der Waals surface area contributed by atoms with Crippen LogP contribution in [0.1, 0.15) is 96.5 Å². The number of hydrogen-bond donors (Lipinski definition) is 0. The Hall–Kier alpha value is -1.90. The van der Waals surface area contributed by atoms with Crippen LogP contribution in [0, 0.1) is 23.6 Å². The molecule has 9 heteroatoms. The van der Waals surface area contributed by atoms with Crippen molar-refractivity contribution >= 4 is 0 Å². The predicted molar refractivity (Wildman–Crippen MR) is 139 cm³/mol. The summed E-state index contributed by atoms with van der Waals surface area (Å²) in [7, 11) is 0. The molecule has 3 rings (SSSR count). The van der Waals surface area contributed by atoms with E-state index in [0.717, 1.165) is 24.8 Å². The third-order valence-corrected chi connectivity index (χ3v) is 7.88. The van der Waals surface area contributed by atoms with E-state index in [9.17, 15) is 26.3 Å². The van der Waals surface area contributed by atoms with Gasteiger partial charge in [-0.05, 0) is 88.2 Å². The number of alkyl halides is 5. The number of benzene rings is 1. The molecule has 1 aromatic carbocycles. The highest BCUT2D eigenvalue weighted by Gasteiger charge is 2.42. The Morgan fingerprint density at radius 1 is 0.821 bits per heavy atom. The molecule has 0 aromatic heterocycles. The van der Waals surface area contributed by atoms with E-state index in [1.165, 1.54) is 58.3 Å². The van der Waals surface area contributed by atoms with Crippen LogP contribution in [0.25, 0.3) is 0 Å². The summed E-state index contributed by atoms with van der Waals surface area (Å²) in [6.45, 7) is 2.34. The van der Waals surface area contributed by atoms with Crippen molar-refractivity contribution < 1.29 is 40.6 Å². The van der Waals surface area contributed by atoms with Crippen LogP contribution in [-0.4, -0.2) is 25.4 Å². The molecule has 0 radical (unpaired) electrons. The van der Waals surface area contributed by atoms with Gasteiger partial charge >= 0.3 is 12.3 Å². The molecule has 0 bridgehead atoms. The van der Waals surface area contributed by atoms with E-state index in [4.69, 9.17) is 9.47 Å². The summed E-state index contributed by atoms with van der Waals surface area (Å²) in [5.41, 5.74) is -1.77. The highest BCUT2D eigenvalue weighted by Crippen LogP contribution is 2.42. The zero-order chi connectivity index (χ0) is 28.5. The molecule has 0 saturated heterocycles. The van der Waals surface area contributed by atoms with Gasteiger partial charge in [-0.1, -0.05) is 44.8 Å². The van der Waals surface area contributed by atoms with Crippen LogP contribution >= 0.6 is 0 Å². The largest absolute Gasteiger partial charge is 0.493 e. The summed E-state index contributed by atoms with van der Waals surface area (Å²) in [6, 6.07) is 1.48. The lowest BCUT2D eigenvalue weighted by atomic mass is 9.78. The van der Waals surface area contributed by atoms with Crippen molar-refractivity contribution in [3.63, 3.8) is 0 Å². The summed E-state index contributed by atoms with van der Waals surface area (Å²) in [5, 5.41) is 0. The molecule has 0 atom stereocenters. The molecule has 39 heavy (non-hydrogen) atoms. The molecule has 0 aliphatic heterocycles. The Bertz CT molecular complexity index is 901. The molecule has 0 N–H and O–H groups in total. The Labute approximate surface area is 228 Å². The predicted octanol–water partition coefficient (Wildman–Crippen LogP) is 9.73. The van der Waals surface area contributed by atoms with Gasteiger partial charge in [-0.2, -0.15) is 22.0 Å². The van der Waals surface area contributed by atoms with Crippen molar-refractivity contribution in [2.45, 2.75) is 109 Å². The van der Waals surface area contributed by atoms with E-state index in [1.807, 2.05) is 0 Å². The van der Waals surface area contributed by atoms with Gasteiger partial charge in [0.2, 0.25) is 0 Å².